The van der Waals surface area contributed by atoms with Crippen molar-refractivity contribution in [2.45, 2.75) is 25.3 Å². The van der Waals surface area contributed by atoms with Crippen LogP contribution in [0.2, 0.25) is 0 Å². The number of aromatic nitrogens is 2. The van der Waals surface area contributed by atoms with Crippen molar-refractivity contribution in [2.24, 2.45) is 5.92 Å². The number of carbonyl (C=O) groups is 1. The summed E-state index contributed by atoms with van der Waals surface area (Å²) < 4.78 is 13.9. The second-order valence-corrected chi connectivity index (χ2v) is 6.90. The van der Waals surface area contributed by atoms with Crippen molar-refractivity contribution < 1.29 is 9.53 Å². The zero-order valence-corrected chi connectivity index (χ0v) is 13.7. The van der Waals surface area contributed by atoms with Crippen molar-refractivity contribution in [3.63, 3.8) is 0 Å². The quantitative estimate of drug-likeness (QED) is 0.878. The highest BCUT2D eigenvalue weighted by Crippen LogP contribution is 2.29. The van der Waals surface area contributed by atoms with Gasteiger partial charge in [-0.2, -0.15) is 8.75 Å². The van der Waals surface area contributed by atoms with Crippen LogP contribution in [0.1, 0.15) is 19.3 Å². The first-order valence-electron chi connectivity index (χ1n) is 8.12. The van der Waals surface area contributed by atoms with Crippen molar-refractivity contribution in [1.29, 1.82) is 0 Å². The molecule has 23 heavy (non-hydrogen) atoms. The van der Waals surface area contributed by atoms with Gasteiger partial charge in [0.25, 0.3) is 0 Å². The molecule has 2 aliphatic rings. The maximum absolute atomic E-state index is 12.5. The molecule has 2 heterocycles. The lowest BCUT2D eigenvalue weighted by Gasteiger charge is -2.24. The van der Waals surface area contributed by atoms with Crippen molar-refractivity contribution in [1.82, 2.24) is 13.6 Å². The van der Waals surface area contributed by atoms with Gasteiger partial charge in [-0.25, -0.2) is 0 Å². The molecule has 0 bridgehead atoms. The molecule has 1 aromatic carbocycles. The Bertz CT molecular complexity index is 694. The fourth-order valence-electron chi connectivity index (χ4n) is 3.12. The number of nitrogens with zero attached hydrogens (tertiary/aromatic N) is 3. The van der Waals surface area contributed by atoms with Gasteiger partial charge in [0.05, 0.1) is 30.6 Å². The Balaban J connectivity index is 1.40. The van der Waals surface area contributed by atoms with Crippen molar-refractivity contribution in [3.8, 4) is 0 Å². The maximum atomic E-state index is 12.5. The number of fused-ring (bicyclic) bond motifs is 1. The third kappa shape index (κ3) is 3.52. The van der Waals surface area contributed by atoms with E-state index in [0.717, 1.165) is 42.9 Å². The van der Waals surface area contributed by atoms with Gasteiger partial charge in [-0.05, 0) is 37.3 Å². The lowest BCUT2D eigenvalue weighted by molar-refractivity contribution is -0.117. The molecule has 1 aliphatic heterocycles. The highest BCUT2D eigenvalue weighted by Gasteiger charge is 2.32. The second kappa shape index (κ2) is 6.51. The molecule has 7 heteroatoms. The number of anilines is 1. The Hall–Kier alpha value is -1.57. The molecule has 1 atom stereocenters. The molecular formula is C16H20N4O2S. The monoisotopic (exact) mass is 332 g/mol. The smallest absolute Gasteiger partial charge is 0.238 e. The van der Waals surface area contributed by atoms with Gasteiger partial charge in [0.2, 0.25) is 5.91 Å². The van der Waals surface area contributed by atoms with Crippen molar-refractivity contribution in [3.05, 3.63) is 18.2 Å². The fourth-order valence-corrected chi connectivity index (χ4v) is 3.67. The van der Waals surface area contributed by atoms with Crippen LogP contribution >= 0.6 is 11.7 Å². The Morgan fingerprint density at radius 1 is 1.35 bits per heavy atom. The van der Waals surface area contributed by atoms with Gasteiger partial charge in [0.1, 0.15) is 11.0 Å². The van der Waals surface area contributed by atoms with E-state index in [9.17, 15) is 4.79 Å². The molecule has 1 N–H and O–H groups in total. The van der Waals surface area contributed by atoms with E-state index in [0.29, 0.717) is 18.5 Å². The topological polar surface area (TPSA) is 67.3 Å². The molecule has 6 nitrogen and oxygen atoms in total. The minimum Gasteiger partial charge on any atom is -0.381 e. The summed E-state index contributed by atoms with van der Waals surface area (Å²) in [5.74, 6) is 0.589. The normalized spacial score (nSPS) is 21.2. The Kier molecular flexibility index (Phi) is 4.24. The van der Waals surface area contributed by atoms with E-state index in [1.54, 1.807) is 0 Å². The van der Waals surface area contributed by atoms with Crippen LogP contribution in [0.5, 0.6) is 0 Å². The second-order valence-electron chi connectivity index (χ2n) is 6.38. The largest absolute Gasteiger partial charge is 0.381 e. The molecule has 0 unspecified atom stereocenters. The zero-order valence-electron chi connectivity index (χ0n) is 12.9. The molecule has 2 fully saturated rings. The molecule has 1 aliphatic carbocycles. The number of hydrogen-bond acceptors (Lipinski definition) is 6. The zero-order chi connectivity index (χ0) is 15.6. The summed E-state index contributed by atoms with van der Waals surface area (Å²) in [6, 6.07) is 6.26. The van der Waals surface area contributed by atoms with Gasteiger partial charge in [-0.1, -0.05) is 6.07 Å². The summed E-state index contributed by atoms with van der Waals surface area (Å²) in [4.78, 5) is 14.8. The first kappa shape index (κ1) is 15.0. The molecule has 1 saturated carbocycles. The van der Waals surface area contributed by atoms with Crippen LogP contribution in [0.3, 0.4) is 0 Å². The lowest BCUT2D eigenvalue weighted by Crippen LogP contribution is -2.38. The average molecular weight is 332 g/mol. The highest BCUT2D eigenvalue weighted by atomic mass is 32.1. The number of amides is 1. The van der Waals surface area contributed by atoms with Gasteiger partial charge in [-0.15, -0.1) is 0 Å². The van der Waals surface area contributed by atoms with Crippen LogP contribution in [0.15, 0.2) is 18.2 Å². The van der Waals surface area contributed by atoms with E-state index in [1.807, 2.05) is 18.2 Å². The van der Waals surface area contributed by atoms with Gasteiger partial charge in [0, 0.05) is 19.2 Å². The lowest BCUT2D eigenvalue weighted by atomic mass is 10.1. The Morgan fingerprint density at radius 3 is 3.04 bits per heavy atom. The van der Waals surface area contributed by atoms with Crippen LogP contribution in [0.4, 0.5) is 5.69 Å². The van der Waals surface area contributed by atoms with Crippen LogP contribution in [0, 0.1) is 5.92 Å². The summed E-state index contributed by atoms with van der Waals surface area (Å²) in [6.45, 7) is 3.08. The molecule has 0 radical (unpaired) electrons. The predicted octanol–water partition coefficient (Wildman–Crippen LogP) is 2.13. The third-order valence-electron chi connectivity index (χ3n) is 4.49. The Morgan fingerprint density at radius 2 is 2.26 bits per heavy atom. The van der Waals surface area contributed by atoms with Crippen LogP contribution in [0.25, 0.3) is 11.0 Å². The average Bonchev–Trinajstić information content (AvgIpc) is 3.06. The Labute approximate surface area is 139 Å². The molecule has 1 saturated heterocycles. The first-order valence-corrected chi connectivity index (χ1v) is 8.85. The highest BCUT2D eigenvalue weighted by molar-refractivity contribution is 7.00. The van der Waals surface area contributed by atoms with Crippen molar-refractivity contribution in [2.75, 3.05) is 31.6 Å². The number of ether oxygens (including phenoxy) is 1. The minimum atomic E-state index is 0.0244. The molecule has 0 spiro atoms. The molecule has 1 amide bonds. The minimum absolute atomic E-state index is 0.0244. The van der Waals surface area contributed by atoms with E-state index in [1.165, 1.54) is 24.6 Å². The number of rotatable bonds is 6. The number of benzene rings is 1. The summed E-state index contributed by atoms with van der Waals surface area (Å²) in [5.41, 5.74) is 2.35. The van der Waals surface area contributed by atoms with Crippen LogP contribution < -0.4 is 5.32 Å². The molecule has 1 aromatic heterocycles. The van der Waals surface area contributed by atoms with E-state index < -0.39 is 0 Å². The molecule has 2 aromatic rings. The first-order chi connectivity index (χ1) is 11.3. The maximum Gasteiger partial charge on any atom is 0.238 e. The van der Waals surface area contributed by atoms with Crippen LogP contribution in [-0.4, -0.2) is 51.9 Å². The van der Waals surface area contributed by atoms with E-state index in [4.69, 9.17) is 4.74 Å². The SMILES string of the molecule is O=C(CN(C[C@@H]1CCOC1)C1CC1)Nc1cccc2nsnc12. The number of carbonyl (C=O) groups excluding carboxylic acids is 1. The summed E-state index contributed by atoms with van der Waals surface area (Å²) in [6.07, 6.45) is 3.51. The van der Waals surface area contributed by atoms with Crippen molar-refractivity contribution >= 4 is 34.4 Å². The fraction of sp³-hybridized carbons (Fsp3) is 0.562. The number of hydrogen-bond donors (Lipinski definition) is 1. The third-order valence-corrected chi connectivity index (χ3v) is 5.03. The van der Waals surface area contributed by atoms with Gasteiger partial charge in [-0.3, -0.25) is 9.69 Å². The number of nitrogens with one attached hydrogen (secondary N) is 1. The van der Waals surface area contributed by atoms with Gasteiger partial charge >= 0.3 is 0 Å². The predicted molar refractivity (Wildman–Crippen MR) is 89.6 cm³/mol. The van der Waals surface area contributed by atoms with Crippen LogP contribution in [-0.2, 0) is 9.53 Å². The molecule has 4 rings (SSSR count). The van der Waals surface area contributed by atoms with E-state index >= 15 is 0 Å². The van der Waals surface area contributed by atoms with E-state index in [2.05, 4.69) is 19.0 Å². The molecule has 122 valence electrons. The molecular weight excluding hydrogens is 312 g/mol. The summed E-state index contributed by atoms with van der Waals surface area (Å²) in [7, 11) is 0. The summed E-state index contributed by atoms with van der Waals surface area (Å²) in [5, 5.41) is 3.00. The van der Waals surface area contributed by atoms with Gasteiger partial charge < -0.3 is 10.1 Å². The standard InChI is InChI=1S/C16H20N4O2S/c21-15(17-13-2-1-3-14-16(13)19-23-18-14)9-20(12-4-5-12)8-11-6-7-22-10-11/h1-3,11-12H,4-10H2,(H,17,21)/t11-/m0/s1. The summed E-state index contributed by atoms with van der Waals surface area (Å²) >= 11 is 1.17. The van der Waals surface area contributed by atoms with Gasteiger partial charge in [0.15, 0.2) is 0 Å². The van der Waals surface area contributed by atoms with E-state index in [-0.39, 0.29) is 5.91 Å².